The number of likely N-dealkylation sites (N-methyl/N-ethyl adjacent to an activating group) is 1. The Bertz CT molecular complexity index is 1150. The van der Waals surface area contributed by atoms with E-state index in [1.165, 1.54) is 34.7 Å². The smallest absolute Gasteiger partial charge is 0.246 e. The second kappa shape index (κ2) is 10.0. The molecule has 0 unspecified atom stereocenters. The van der Waals surface area contributed by atoms with E-state index in [-0.39, 0.29) is 12.5 Å². The summed E-state index contributed by atoms with van der Waals surface area (Å²) in [6, 6.07) is 13.9. The van der Waals surface area contributed by atoms with Gasteiger partial charge in [0, 0.05) is 30.1 Å². The second-order valence-electron chi connectivity index (χ2n) is 7.81. The molecule has 0 aliphatic rings. The number of amides is 2. The summed E-state index contributed by atoms with van der Waals surface area (Å²) in [6.45, 7) is 6.42. The van der Waals surface area contributed by atoms with Gasteiger partial charge >= 0.3 is 0 Å². The van der Waals surface area contributed by atoms with Crippen LogP contribution < -0.4 is 5.32 Å². The first-order valence-corrected chi connectivity index (χ1v) is 10.3. The van der Waals surface area contributed by atoms with E-state index < -0.39 is 11.7 Å². The summed E-state index contributed by atoms with van der Waals surface area (Å²) in [5, 5.41) is 7.18. The van der Waals surface area contributed by atoms with E-state index >= 15 is 0 Å². The number of nitrogens with zero attached hydrogens (tertiary/aromatic N) is 3. The van der Waals surface area contributed by atoms with Gasteiger partial charge in [-0.3, -0.25) is 14.3 Å². The summed E-state index contributed by atoms with van der Waals surface area (Å²) < 4.78 is 15.2. The Balaban J connectivity index is 1.62. The highest BCUT2D eigenvalue weighted by molar-refractivity contribution is 5.98. The number of carbonyl (C=O) groups is 2. The monoisotopic (exact) mass is 434 g/mol. The van der Waals surface area contributed by atoms with Crippen LogP contribution in [0.4, 0.5) is 10.1 Å². The Morgan fingerprint density at radius 1 is 1.12 bits per heavy atom. The molecular formula is C25H27FN4O2. The van der Waals surface area contributed by atoms with Crippen molar-refractivity contribution in [3.63, 3.8) is 0 Å². The van der Waals surface area contributed by atoms with Crippen molar-refractivity contribution >= 4 is 23.6 Å². The maximum Gasteiger partial charge on any atom is 0.246 e. The van der Waals surface area contributed by atoms with Gasteiger partial charge in [-0.2, -0.15) is 5.10 Å². The molecule has 1 aromatic heterocycles. The van der Waals surface area contributed by atoms with E-state index in [2.05, 4.69) is 41.6 Å². The average molecular weight is 435 g/mol. The molecule has 3 aromatic rings. The van der Waals surface area contributed by atoms with Crippen LogP contribution in [0.15, 0.2) is 54.6 Å². The quantitative estimate of drug-likeness (QED) is 0.569. The van der Waals surface area contributed by atoms with Gasteiger partial charge in [-0.25, -0.2) is 4.39 Å². The molecular weight excluding hydrogens is 407 g/mol. The van der Waals surface area contributed by atoms with Crippen molar-refractivity contribution < 1.29 is 14.0 Å². The van der Waals surface area contributed by atoms with E-state index in [4.69, 9.17) is 0 Å². The molecule has 1 heterocycles. The maximum absolute atomic E-state index is 13.2. The number of benzene rings is 2. The number of nitrogens with one attached hydrogen (secondary N) is 1. The van der Waals surface area contributed by atoms with E-state index in [1.807, 2.05) is 18.5 Å². The molecule has 0 spiro atoms. The third kappa shape index (κ3) is 5.91. The molecule has 32 heavy (non-hydrogen) atoms. The molecule has 166 valence electrons. The van der Waals surface area contributed by atoms with E-state index in [0.717, 1.165) is 22.5 Å². The summed E-state index contributed by atoms with van der Waals surface area (Å²) in [4.78, 5) is 25.9. The van der Waals surface area contributed by atoms with Gasteiger partial charge in [0.1, 0.15) is 5.82 Å². The van der Waals surface area contributed by atoms with Crippen LogP contribution in [0.25, 0.3) is 6.08 Å². The molecule has 2 amide bonds. The highest BCUT2D eigenvalue weighted by Crippen LogP contribution is 2.17. The molecule has 0 saturated carbocycles. The summed E-state index contributed by atoms with van der Waals surface area (Å²) in [7, 11) is 1.54. The molecule has 0 atom stereocenters. The van der Waals surface area contributed by atoms with Gasteiger partial charge in [0.15, 0.2) is 0 Å². The molecule has 0 radical (unpaired) electrons. The Morgan fingerprint density at radius 3 is 2.53 bits per heavy atom. The van der Waals surface area contributed by atoms with Gasteiger partial charge in [-0.1, -0.05) is 35.9 Å². The lowest BCUT2D eigenvalue weighted by Gasteiger charge is -2.15. The van der Waals surface area contributed by atoms with E-state index in [1.54, 1.807) is 19.2 Å². The molecule has 2 aromatic carbocycles. The maximum atomic E-state index is 13.2. The molecule has 0 bridgehead atoms. The number of aromatic nitrogens is 2. The number of aryl methyl sites for hydroxylation is 2. The molecule has 1 N–H and O–H groups in total. The number of hydrogen-bond donors (Lipinski definition) is 1. The van der Waals surface area contributed by atoms with Crippen LogP contribution >= 0.6 is 0 Å². The van der Waals surface area contributed by atoms with Gasteiger partial charge in [0.05, 0.1) is 18.8 Å². The van der Waals surface area contributed by atoms with Crippen molar-refractivity contribution in [1.29, 1.82) is 0 Å². The van der Waals surface area contributed by atoms with Gasteiger partial charge < -0.3 is 10.2 Å². The van der Waals surface area contributed by atoms with Crippen LogP contribution in [0.1, 0.15) is 28.1 Å². The summed E-state index contributed by atoms with van der Waals surface area (Å²) in [5.74, 6) is -1.16. The summed E-state index contributed by atoms with van der Waals surface area (Å²) >= 11 is 0. The van der Waals surface area contributed by atoms with Crippen LogP contribution in [0.3, 0.4) is 0 Å². The number of halogens is 1. The average Bonchev–Trinajstić information content (AvgIpc) is 3.00. The highest BCUT2D eigenvalue weighted by Gasteiger charge is 2.13. The molecule has 0 saturated heterocycles. The van der Waals surface area contributed by atoms with Crippen molar-refractivity contribution in [2.75, 3.05) is 18.9 Å². The van der Waals surface area contributed by atoms with Gasteiger partial charge in [-0.05, 0) is 50.6 Å². The van der Waals surface area contributed by atoms with E-state index in [9.17, 15) is 14.0 Å². The Morgan fingerprint density at radius 2 is 1.84 bits per heavy atom. The zero-order valence-electron chi connectivity index (χ0n) is 18.7. The van der Waals surface area contributed by atoms with Gasteiger partial charge in [0.2, 0.25) is 11.8 Å². The van der Waals surface area contributed by atoms with Crippen LogP contribution in [-0.4, -0.2) is 40.1 Å². The van der Waals surface area contributed by atoms with Crippen molar-refractivity contribution in [3.05, 3.63) is 88.5 Å². The van der Waals surface area contributed by atoms with Crippen molar-refractivity contribution in [2.45, 2.75) is 27.3 Å². The molecule has 0 aliphatic carbocycles. The predicted octanol–water partition coefficient (Wildman–Crippen LogP) is 4.11. The largest absolute Gasteiger partial charge is 0.333 e. The number of carbonyl (C=O) groups excluding carboxylic acids is 2. The normalized spacial score (nSPS) is 11.0. The lowest BCUT2D eigenvalue weighted by Crippen LogP contribution is -2.33. The minimum atomic E-state index is -0.441. The van der Waals surface area contributed by atoms with E-state index in [0.29, 0.717) is 12.2 Å². The van der Waals surface area contributed by atoms with Crippen molar-refractivity contribution in [2.24, 2.45) is 0 Å². The van der Waals surface area contributed by atoms with Crippen LogP contribution in [0, 0.1) is 26.6 Å². The van der Waals surface area contributed by atoms with Gasteiger partial charge in [-0.15, -0.1) is 0 Å². The third-order valence-electron chi connectivity index (χ3n) is 5.15. The minimum absolute atomic E-state index is 0.148. The standard InChI is InChI=1S/C25H27FN4O2/c1-17-8-10-20(11-9-17)15-30-19(3)23(18(2)28-30)12-13-25(32)29(4)16-24(31)27-22-7-5-6-21(26)14-22/h5-14H,15-16H2,1-4H3,(H,27,31)/b13-12+. The van der Waals surface area contributed by atoms with Crippen LogP contribution in [0.2, 0.25) is 0 Å². The Hall–Kier alpha value is -3.74. The zero-order valence-corrected chi connectivity index (χ0v) is 18.7. The lowest BCUT2D eigenvalue weighted by atomic mass is 10.1. The molecule has 3 rings (SSSR count). The first kappa shape index (κ1) is 22.9. The number of anilines is 1. The van der Waals surface area contributed by atoms with Gasteiger partial charge in [0.25, 0.3) is 0 Å². The Labute approximate surface area is 187 Å². The first-order chi connectivity index (χ1) is 15.2. The fourth-order valence-electron chi connectivity index (χ4n) is 3.31. The fourth-order valence-corrected chi connectivity index (χ4v) is 3.31. The minimum Gasteiger partial charge on any atom is -0.333 e. The first-order valence-electron chi connectivity index (χ1n) is 10.3. The molecule has 6 nitrogen and oxygen atoms in total. The zero-order chi connectivity index (χ0) is 23.3. The summed E-state index contributed by atoms with van der Waals surface area (Å²) in [5.41, 5.74) is 5.36. The lowest BCUT2D eigenvalue weighted by molar-refractivity contribution is -0.129. The summed E-state index contributed by atoms with van der Waals surface area (Å²) in [6.07, 6.45) is 3.16. The molecule has 7 heteroatoms. The SMILES string of the molecule is Cc1ccc(Cn2nc(C)c(/C=C/C(=O)N(C)CC(=O)Nc3cccc(F)c3)c2C)cc1. The highest BCUT2D eigenvalue weighted by atomic mass is 19.1. The third-order valence-corrected chi connectivity index (χ3v) is 5.15. The van der Waals surface area contributed by atoms with Crippen LogP contribution in [-0.2, 0) is 16.1 Å². The topological polar surface area (TPSA) is 67.2 Å². The van der Waals surface area contributed by atoms with Crippen molar-refractivity contribution in [3.8, 4) is 0 Å². The molecule has 0 fully saturated rings. The van der Waals surface area contributed by atoms with Crippen LogP contribution in [0.5, 0.6) is 0 Å². The Kier molecular flexibility index (Phi) is 7.20. The fraction of sp³-hybridized carbons (Fsp3) is 0.240. The number of hydrogen-bond acceptors (Lipinski definition) is 3. The molecule has 0 aliphatic heterocycles. The van der Waals surface area contributed by atoms with Crippen molar-refractivity contribution in [1.82, 2.24) is 14.7 Å². The second-order valence-corrected chi connectivity index (χ2v) is 7.81. The number of rotatable bonds is 7. The predicted molar refractivity (Wildman–Crippen MR) is 124 cm³/mol.